The molecule has 0 radical (unpaired) electrons. The normalized spacial score (nSPS) is 26.9. The Morgan fingerprint density at radius 3 is 2.52 bits per heavy atom. The Hall–Kier alpha value is -0.600. The van der Waals surface area contributed by atoms with Crippen LogP contribution in [-0.4, -0.2) is 10.7 Å². The molecule has 0 spiro atoms. The molecule has 1 aliphatic carbocycles. The predicted molar refractivity (Wildman–Crippen MR) is 86.1 cm³/mol. The fourth-order valence-corrected chi connectivity index (χ4v) is 3.62. The first kappa shape index (κ1) is 16.8. The van der Waals surface area contributed by atoms with Gasteiger partial charge in [-0.2, -0.15) is 0 Å². The number of halogens is 2. The van der Waals surface area contributed by atoms with Crippen molar-refractivity contribution in [2.24, 2.45) is 11.3 Å². The van der Waals surface area contributed by atoms with Crippen molar-refractivity contribution >= 4 is 11.6 Å². The minimum atomic E-state index is -0.738. The fourth-order valence-electron chi connectivity index (χ4n) is 3.44. The van der Waals surface area contributed by atoms with Gasteiger partial charge < -0.3 is 5.11 Å². The smallest absolute Gasteiger partial charge is 0.123 e. The number of benzene rings is 1. The molecular weight excluding hydrogens is 287 g/mol. The molecule has 0 aliphatic heterocycles. The molecule has 2 rings (SSSR count). The second-order valence-electron chi connectivity index (χ2n) is 7.25. The zero-order valence-electron chi connectivity index (χ0n) is 13.3. The molecule has 0 atom stereocenters. The molecule has 3 heteroatoms. The van der Waals surface area contributed by atoms with Crippen molar-refractivity contribution in [2.45, 2.75) is 64.9 Å². The Labute approximate surface area is 132 Å². The van der Waals surface area contributed by atoms with Gasteiger partial charge in [-0.1, -0.05) is 38.8 Å². The van der Waals surface area contributed by atoms with Crippen LogP contribution in [0.1, 0.15) is 58.4 Å². The minimum absolute atomic E-state index is 0.293. The van der Waals surface area contributed by atoms with Gasteiger partial charge in [0, 0.05) is 11.4 Å². The summed E-state index contributed by atoms with van der Waals surface area (Å²) in [5, 5.41) is 11.4. The molecule has 0 aromatic heterocycles. The highest BCUT2D eigenvalue weighted by Gasteiger charge is 2.38. The summed E-state index contributed by atoms with van der Waals surface area (Å²) >= 11 is 6.12. The van der Waals surface area contributed by atoms with Crippen molar-refractivity contribution in [3.63, 3.8) is 0 Å². The molecule has 1 fully saturated rings. The van der Waals surface area contributed by atoms with E-state index in [0.717, 1.165) is 32.1 Å². The van der Waals surface area contributed by atoms with E-state index in [2.05, 4.69) is 20.8 Å². The van der Waals surface area contributed by atoms with E-state index < -0.39 is 5.60 Å². The van der Waals surface area contributed by atoms with Crippen LogP contribution in [0.15, 0.2) is 18.2 Å². The Morgan fingerprint density at radius 1 is 1.33 bits per heavy atom. The first-order valence-electron chi connectivity index (χ1n) is 7.92. The molecule has 0 amide bonds. The van der Waals surface area contributed by atoms with Gasteiger partial charge >= 0.3 is 0 Å². The summed E-state index contributed by atoms with van der Waals surface area (Å²) in [6, 6.07) is 4.38. The maximum atomic E-state index is 13.3. The van der Waals surface area contributed by atoms with Crippen molar-refractivity contribution in [1.29, 1.82) is 0 Å². The summed E-state index contributed by atoms with van der Waals surface area (Å²) < 4.78 is 13.3. The fraction of sp³-hybridized carbons (Fsp3) is 0.667. The second kappa shape index (κ2) is 6.26. The average molecular weight is 313 g/mol. The van der Waals surface area contributed by atoms with Gasteiger partial charge in [-0.25, -0.2) is 4.39 Å². The van der Waals surface area contributed by atoms with Crippen molar-refractivity contribution in [1.82, 2.24) is 0 Å². The van der Waals surface area contributed by atoms with E-state index in [-0.39, 0.29) is 5.82 Å². The topological polar surface area (TPSA) is 20.2 Å². The molecule has 1 N–H and O–H groups in total. The van der Waals surface area contributed by atoms with E-state index in [0.29, 0.717) is 28.3 Å². The number of aliphatic hydroxyl groups is 1. The van der Waals surface area contributed by atoms with Gasteiger partial charge in [-0.15, -0.1) is 0 Å². The Bertz CT molecular complexity index is 490. The molecule has 0 bridgehead atoms. The zero-order chi connectivity index (χ0) is 15.7. The van der Waals surface area contributed by atoms with Crippen LogP contribution in [0, 0.1) is 17.2 Å². The maximum Gasteiger partial charge on any atom is 0.123 e. The van der Waals surface area contributed by atoms with Gasteiger partial charge in [0.15, 0.2) is 0 Å². The first-order chi connectivity index (χ1) is 9.76. The van der Waals surface area contributed by atoms with Crippen LogP contribution < -0.4 is 0 Å². The number of rotatable bonds is 4. The van der Waals surface area contributed by atoms with Crippen LogP contribution in [0.5, 0.6) is 0 Å². The van der Waals surface area contributed by atoms with E-state index >= 15 is 0 Å². The van der Waals surface area contributed by atoms with Gasteiger partial charge in [0.2, 0.25) is 0 Å². The van der Waals surface area contributed by atoms with Gasteiger partial charge in [0.1, 0.15) is 5.82 Å². The Morgan fingerprint density at radius 2 is 1.95 bits per heavy atom. The molecule has 0 saturated heterocycles. The van der Waals surface area contributed by atoms with Crippen molar-refractivity contribution in [3.8, 4) is 0 Å². The lowest BCUT2D eigenvalue weighted by Crippen LogP contribution is -2.39. The van der Waals surface area contributed by atoms with Gasteiger partial charge in [0.25, 0.3) is 0 Å². The molecule has 1 aromatic carbocycles. The number of hydrogen-bond donors (Lipinski definition) is 1. The summed E-state index contributed by atoms with van der Waals surface area (Å²) in [6.45, 7) is 6.85. The second-order valence-corrected chi connectivity index (χ2v) is 7.66. The largest absolute Gasteiger partial charge is 0.390 e. The lowest BCUT2D eigenvalue weighted by atomic mass is 9.65. The van der Waals surface area contributed by atoms with Crippen molar-refractivity contribution in [3.05, 3.63) is 34.6 Å². The van der Waals surface area contributed by atoms with Gasteiger partial charge in [-0.3, -0.25) is 0 Å². The summed E-state index contributed by atoms with van der Waals surface area (Å²) in [5.41, 5.74) is 0.308. The monoisotopic (exact) mass is 312 g/mol. The molecule has 1 saturated carbocycles. The first-order valence-corrected chi connectivity index (χ1v) is 8.30. The molecule has 0 heterocycles. The molecule has 1 aromatic rings. The Kier molecular flexibility index (Phi) is 4.99. The zero-order valence-corrected chi connectivity index (χ0v) is 14.0. The van der Waals surface area contributed by atoms with E-state index in [9.17, 15) is 9.50 Å². The van der Waals surface area contributed by atoms with Crippen LogP contribution in [0.25, 0.3) is 0 Å². The van der Waals surface area contributed by atoms with E-state index in [1.54, 1.807) is 6.07 Å². The highest BCUT2D eigenvalue weighted by atomic mass is 35.5. The van der Waals surface area contributed by atoms with Crippen LogP contribution >= 0.6 is 11.6 Å². The molecule has 118 valence electrons. The Balaban J connectivity index is 2.04. The minimum Gasteiger partial charge on any atom is -0.390 e. The lowest BCUT2D eigenvalue weighted by molar-refractivity contribution is -0.0276. The van der Waals surface area contributed by atoms with Crippen molar-refractivity contribution in [2.75, 3.05) is 0 Å². The van der Waals surface area contributed by atoms with Crippen LogP contribution in [0.3, 0.4) is 0 Å². The summed E-state index contributed by atoms with van der Waals surface area (Å²) in [5.74, 6) is 0.365. The van der Waals surface area contributed by atoms with Crippen LogP contribution in [-0.2, 0) is 6.42 Å². The number of hydrogen-bond acceptors (Lipinski definition) is 1. The summed E-state index contributed by atoms with van der Waals surface area (Å²) in [6.07, 6.45) is 5.21. The van der Waals surface area contributed by atoms with E-state index in [4.69, 9.17) is 11.6 Å². The average Bonchev–Trinajstić information content (AvgIpc) is 2.43. The lowest BCUT2D eigenvalue weighted by Gasteiger charge is -2.42. The highest BCUT2D eigenvalue weighted by molar-refractivity contribution is 6.31. The highest BCUT2D eigenvalue weighted by Crippen LogP contribution is 2.44. The third-order valence-corrected chi connectivity index (χ3v) is 5.83. The van der Waals surface area contributed by atoms with Crippen molar-refractivity contribution < 1.29 is 9.50 Å². The molecule has 1 nitrogen and oxygen atoms in total. The van der Waals surface area contributed by atoms with Gasteiger partial charge in [-0.05, 0) is 60.8 Å². The third-order valence-electron chi connectivity index (χ3n) is 5.46. The molecule has 1 aliphatic rings. The SMILES string of the molecule is CCC(C)(C)C1CCC(O)(Cc2cc(F)ccc2Cl)CC1. The summed E-state index contributed by atoms with van der Waals surface area (Å²) in [7, 11) is 0. The van der Waals surface area contributed by atoms with Crippen LogP contribution in [0.2, 0.25) is 5.02 Å². The quantitative estimate of drug-likeness (QED) is 0.791. The predicted octanol–water partition coefficient (Wildman–Crippen LogP) is 5.38. The standard InChI is InChI=1S/C18H26ClFO/c1-4-17(2,3)14-7-9-18(21,10-8-14)12-13-11-15(20)5-6-16(13)19/h5-6,11,14,21H,4,7-10,12H2,1-3H3. The molecular formula is C18H26ClFO. The summed E-state index contributed by atoms with van der Waals surface area (Å²) in [4.78, 5) is 0. The van der Waals surface area contributed by atoms with E-state index in [1.165, 1.54) is 12.1 Å². The van der Waals surface area contributed by atoms with E-state index in [1.807, 2.05) is 0 Å². The third kappa shape index (κ3) is 3.98. The molecule has 0 unspecified atom stereocenters. The van der Waals surface area contributed by atoms with Gasteiger partial charge in [0.05, 0.1) is 5.60 Å². The van der Waals surface area contributed by atoms with Crippen LogP contribution in [0.4, 0.5) is 4.39 Å². The maximum absolute atomic E-state index is 13.3. The molecule has 21 heavy (non-hydrogen) atoms.